The second-order valence-electron chi connectivity index (χ2n) is 9.21. The van der Waals surface area contributed by atoms with Crippen molar-refractivity contribution >= 4 is 34.6 Å². The first-order chi connectivity index (χ1) is 19.6. The summed E-state index contributed by atoms with van der Waals surface area (Å²) in [5, 5.41) is 14.1. The minimum absolute atomic E-state index is 0.781. The molecule has 0 aliphatic heterocycles. The molecule has 3 heterocycles. The first-order valence-electron chi connectivity index (χ1n) is 12.8. The number of aromatic nitrogens is 3. The normalized spacial score (nSPS) is 11.9. The predicted molar refractivity (Wildman–Crippen MR) is 165 cm³/mol. The van der Waals surface area contributed by atoms with Gasteiger partial charge in [0.25, 0.3) is 0 Å². The Kier molecular flexibility index (Phi) is 7.27. The lowest BCUT2D eigenvalue weighted by molar-refractivity contribution is 0.415. The van der Waals surface area contributed by atoms with Gasteiger partial charge in [-0.15, -0.1) is 22.7 Å². The number of thiazole rings is 1. The first kappa shape index (κ1) is 25.7. The molecule has 0 spiro atoms. The van der Waals surface area contributed by atoms with E-state index in [1.54, 1.807) is 29.8 Å². The van der Waals surface area contributed by atoms with Crippen molar-refractivity contribution in [3.63, 3.8) is 0 Å². The second-order valence-corrected chi connectivity index (χ2v) is 11.0. The number of methoxy groups -OCH3 is 1. The number of para-hydroxylation sites is 1. The fourth-order valence-corrected chi connectivity index (χ4v) is 5.91. The van der Waals surface area contributed by atoms with Crippen molar-refractivity contribution in [2.24, 2.45) is 10.1 Å². The standard InChI is InChI=1S/C32H27N5OS2/c1-22-9-7-12-28(23(22)2)34-32-37(29(21-40-32)24-14-16-27(38-3)17-15-24)33-19-25-20-36(26-10-5-4-6-11-26)35-31(25)30-13-8-18-39-30/h4-21H,1-3H3/b33-19+,34-32?. The summed E-state index contributed by atoms with van der Waals surface area (Å²) < 4.78 is 9.19. The van der Waals surface area contributed by atoms with E-state index in [0.717, 1.165) is 54.9 Å². The highest BCUT2D eigenvalue weighted by Crippen LogP contribution is 2.28. The van der Waals surface area contributed by atoms with Crippen LogP contribution in [0.4, 0.5) is 5.69 Å². The fourth-order valence-electron chi connectivity index (χ4n) is 4.33. The van der Waals surface area contributed by atoms with Gasteiger partial charge in [0.2, 0.25) is 4.80 Å². The Morgan fingerprint density at radius 2 is 1.70 bits per heavy atom. The molecule has 0 N–H and O–H groups in total. The molecule has 6 nitrogen and oxygen atoms in total. The van der Waals surface area contributed by atoms with Gasteiger partial charge in [-0.1, -0.05) is 36.4 Å². The summed E-state index contributed by atoms with van der Waals surface area (Å²) in [6.45, 7) is 4.21. The number of thiophene rings is 1. The Bertz CT molecular complexity index is 1840. The quantitative estimate of drug-likeness (QED) is 0.186. The van der Waals surface area contributed by atoms with Gasteiger partial charge in [-0.25, -0.2) is 14.4 Å². The van der Waals surface area contributed by atoms with Crippen LogP contribution in [0.2, 0.25) is 0 Å². The molecule has 0 aliphatic carbocycles. The van der Waals surface area contributed by atoms with E-state index in [1.807, 2.05) is 94.6 Å². The van der Waals surface area contributed by atoms with Crippen LogP contribution in [0.1, 0.15) is 16.7 Å². The molecule has 0 aliphatic rings. The zero-order valence-corrected chi connectivity index (χ0v) is 24.0. The van der Waals surface area contributed by atoms with E-state index in [9.17, 15) is 0 Å². The van der Waals surface area contributed by atoms with Gasteiger partial charge in [0.05, 0.1) is 35.3 Å². The number of hydrogen-bond donors (Lipinski definition) is 0. The third kappa shape index (κ3) is 5.19. The smallest absolute Gasteiger partial charge is 0.211 e. The maximum Gasteiger partial charge on any atom is 0.211 e. The molecule has 0 saturated heterocycles. The van der Waals surface area contributed by atoms with Crippen molar-refractivity contribution in [2.45, 2.75) is 13.8 Å². The van der Waals surface area contributed by atoms with E-state index in [0.29, 0.717) is 0 Å². The van der Waals surface area contributed by atoms with Crippen LogP contribution in [-0.4, -0.2) is 27.8 Å². The molecule has 0 atom stereocenters. The molecule has 198 valence electrons. The van der Waals surface area contributed by atoms with Crippen molar-refractivity contribution in [3.05, 3.63) is 123 Å². The number of benzene rings is 3. The van der Waals surface area contributed by atoms with Gasteiger partial charge < -0.3 is 4.74 Å². The maximum absolute atomic E-state index is 5.38. The van der Waals surface area contributed by atoms with E-state index >= 15 is 0 Å². The largest absolute Gasteiger partial charge is 0.497 e. The van der Waals surface area contributed by atoms with E-state index in [1.165, 1.54) is 5.56 Å². The fraction of sp³-hybridized carbons (Fsp3) is 0.0938. The number of aryl methyl sites for hydroxylation is 1. The molecule has 0 radical (unpaired) electrons. The SMILES string of the molecule is COc1ccc(-c2csc(=Nc3cccc(C)c3C)n2/N=C/c2cn(-c3ccccc3)nc2-c2cccs2)cc1. The number of rotatable bonds is 7. The van der Waals surface area contributed by atoms with Gasteiger partial charge in [-0.3, -0.25) is 0 Å². The summed E-state index contributed by atoms with van der Waals surface area (Å²) >= 11 is 3.22. The third-order valence-electron chi connectivity index (χ3n) is 6.69. The summed E-state index contributed by atoms with van der Waals surface area (Å²) in [7, 11) is 1.67. The van der Waals surface area contributed by atoms with Crippen LogP contribution in [0, 0.1) is 13.8 Å². The van der Waals surface area contributed by atoms with E-state index in [-0.39, 0.29) is 0 Å². The number of nitrogens with zero attached hydrogens (tertiary/aromatic N) is 5. The third-order valence-corrected chi connectivity index (χ3v) is 8.39. The van der Waals surface area contributed by atoms with Gasteiger partial charge in [0.15, 0.2) is 0 Å². The van der Waals surface area contributed by atoms with E-state index < -0.39 is 0 Å². The predicted octanol–water partition coefficient (Wildman–Crippen LogP) is 7.87. The Balaban J connectivity index is 1.50. The highest BCUT2D eigenvalue weighted by Gasteiger charge is 2.14. The number of hydrogen-bond acceptors (Lipinski definition) is 6. The molecule has 0 bridgehead atoms. The molecule has 0 saturated carbocycles. The molecule has 3 aromatic carbocycles. The molecule has 3 aromatic heterocycles. The van der Waals surface area contributed by atoms with Crippen LogP contribution < -0.4 is 9.54 Å². The zero-order chi connectivity index (χ0) is 27.5. The molecule has 0 amide bonds. The molecular formula is C32H27N5OS2. The van der Waals surface area contributed by atoms with E-state index in [4.69, 9.17) is 19.9 Å². The molecule has 6 aromatic rings. The van der Waals surface area contributed by atoms with Crippen LogP contribution >= 0.6 is 22.7 Å². The summed E-state index contributed by atoms with van der Waals surface area (Å²) in [5.74, 6) is 0.809. The van der Waals surface area contributed by atoms with Gasteiger partial charge in [0.1, 0.15) is 11.4 Å². The van der Waals surface area contributed by atoms with Crippen molar-refractivity contribution in [2.75, 3.05) is 7.11 Å². The maximum atomic E-state index is 5.38. The van der Waals surface area contributed by atoms with Crippen LogP contribution in [0.25, 0.3) is 27.5 Å². The van der Waals surface area contributed by atoms with Crippen LogP contribution in [0.5, 0.6) is 5.75 Å². The lowest BCUT2D eigenvalue weighted by atomic mass is 10.1. The molecule has 8 heteroatoms. The van der Waals surface area contributed by atoms with Gasteiger partial charge in [0, 0.05) is 22.7 Å². The summed E-state index contributed by atoms with van der Waals surface area (Å²) in [6.07, 6.45) is 3.90. The summed E-state index contributed by atoms with van der Waals surface area (Å²) in [5.41, 5.74) is 8.06. The van der Waals surface area contributed by atoms with Crippen LogP contribution in [0.3, 0.4) is 0 Å². The second kappa shape index (κ2) is 11.3. The Labute approximate surface area is 240 Å². The topological polar surface area (TPSA) is 56.7 Å². The monoisotopic (exact) mass is 561 g/mol. The molecule has 0 fully saturated rings. The van der Waals surface area contributed by atoms with Crippen molar-refractivity contribution < 1.29 is 4.74 Å². The summed E-state index contributed by atoms with van der Waals surface area (Å²) in [4.78, 5) is 6.91. The van der Waals surface area contributed by atoms with Crippen LogP contribution in [-0.2, 0) is 0 Å². The highest BCUT2D eigenvalue weighted by molar-refractivity contribution is 7.13. The molecule has 0 unspecified atom stereocenters. The molecule has 40 heavy (non-hydrogen) atoms. The Hall–Kier alpha value is -4.53. The molecule has 6 rings (SSSR count). The highest BCUT2D eigenvalue weighted by atomic mass is 32.1. The lowest BCUT2D eigenvalue weighted by Gasteiger charge is -2.06. The van der Waals surface area contributed by atoms with Crippen molar-refractivity contribution in [3.8, 4) is 33.3 Å². The average molecular weight is 562 g/mol. The Morgan fingerprint density at radius 1 is 0.875 bits per heavy atom. The molecular weight excluding hydrogens is 535 g/mol. The van der Waals surface area contributed by atoms with E-state index in [2.05, 4.69) is 36.7 Å². The van der Waals surface area contributed by atoms with Gasteiger partial charge in [-0.2, -0.15) is 10.2 Å². The van der Waals surface area contributed by atoms with Gasteiger partial charge in [-0.05, 0) is 78.9 Å². The average Bonchev–Trinajstić information content (AvgIpc) is 3.75. The minimum Gasteiger partial charge on any atom is -0.497 e. The lowest BCUT2D eigenvalue weighted by Crippen LogP contribution is -2.11. The van der Waals surface area contributed by atoms with Crippen molar-refractivity contribution in [1.29, 1.82) is 0 Å². The first-order valence-corrected chi connectivity index (χ1v) is 14.6. The zero-order valence-electron chi connectivity index (χ0n) is 22.4. The minimum atomic E-state index is 0.781. The Morgan fingerprint density at radius 3 is 2.45 bits per heavy atom. The van der Waals surface area contributed by atoms with Gasteiger partial charge >= 0.3 is 0 Å². The van der Waals surface area contributed by atoms with Crippen molar-refractivity contribution in [1.82, 2.24) is 14.5 Å². The summed E-state index contributed by atoms with van der Waals surface area (Å²) in [6, 6.07) is 28.4. The number of ether oxygens (including phenoxy) is 1. The van der Waals surface area contributed by atoms with Crippen LogP contribution in [0.15, 0.2) is 112 Å².